The lowest BCUT2D eigenvalue weighted by molar-refractivity contribution is -0.115. The van der Waals surface area contributed by atoms with Crippen molar-refractivity contribution in [3.8, 4) is 5.75 Å². The van der Waals surface area contributed by atoms with E-state index < -0.39 is 0 Å². The van der Waals surface area contributed by atoms with Crippen molar-refractivity contribution in [2.75, 3.05) is 13.1 Å². The van der Waals surface area contributed by atoms with Gasteiger partial charge in [0.2, 0.25) is 0 Å². The molecule has 2 aliphatic heterocycles. The van der Waals surface area contributed by atoms with Crippen LogP contribution < -0.4 is 10.1 Å². The van der Waals surface area contributed by atoms with E-state index in [0.717, 1.165) is 25.3 Å². The van der Waals surface area contributed by atoms with E-state index in [2.05, 4.69) is 37.4 Å². The van der Waals surface area contributed by atoms with Crippen molar-refractivity contribution in [1.82, 2.24) is 5.32 Å². The van der Waals surface area contributed by atoms with Gasteiger partial charge in [-0.3, -0.25) is 0 Å². The Morgan fingerprint density at radius 2 is 2.00 bits per heavy atom. The molecule has 4 rings (SSSR count). The highest BCUT2D eigenvalue weighted by molar-refractivity contribution is 5.47. The molecule has 1 saturated carbocycles. The Hall–Kier alpha value is -1.06. The average molecular weight is 287 g/mol. The molecular weight excluding hydrogens is 262 g/mol. The minimum absolute atomic E-state index is 0.0692. The van der Waals surface area contributed by atoms with Crippen molar-refractivity contribution in [3.63, 3.8) is 0 Å². The van der Waals surface area contributed by atoms with E-state index in [0.29, 0.717) is 0 Å². The third-order valence-electron chi connectivity index (χ3n) is 5.15. The first kappa shape index (κ1) is 13.6. The summed E-state index contributed by atoms with van der Waals surface area (Å²) < 4.78 is 12.8. The van der Waals surface area contributed by atoms with Crippen molar-refractivity contribution in [2.24, 2.45) is 0 Å². The van der Waals surface area contributed by atoms with Crippen LogP contribution in [0.2, 0.25) is 0 Å². The third kappa shape index (κ3) is 2.36. The molecule has 1 saturated heterocycles. The molecule has 1 spiro atoms. The number of hydrogen-bond donors (Lipinski definition) is 1. The van der Waals surface area contributed by atoms with Crippen LogP contribution >= 0.6 is 0 Å². The van der Waals surface area contributed by atoms with E-state index >= 15 is 0 Å². The minimum Gasteiger partial charge on any atom is -0.487 e. The fourth-order valence-electron chi connectivity index (χ4n) is 4.20. The SMILES string of the molecule is CC1(C)Cc2cccc(C3CNCC4(CCCC4)O3)c2O1. The van der Waals surface area contributed by atoms with Gasteiger partial charge < -0.3 is 14.8 Å². The van der Waals surface area contributed by atoms with E-state index in [9.17, 15) is 0 Å². The number of hydrogen-bond acceptors (Lipinski definition) is 3. The quantitative estimate of drug-likeness (QED) is 0.859. The van der Waals surface area contributed by atoms with Crippen molar-refractivity contribution >= 4 is 0 Å². The molecule has 2 fully saturated rings. The van der Waals surface area contributed by atoms with Crippen molar-refractivity contribution in [1.29, 1.82) is 0 Å². The molecular formula is C18H25NO2. The molecule has 0 aromatic heterocycles. The van der Waals surface area contributed by atoms with Crippen LogP contribution in [0.5, 0.6) is 5.75 Å². The summed E-state index contributed by atoms with van der Waals surface area (Å²) in [6.07, 6.45) is 6.09. The first-order chi connectivity index (χ1) is 10.1. The third-order valence-corrected chi connectivity index (χ3v) is 5.15. The summed E-state index contributed by atoms with van der Waals surface area (Å²) in [5, 5.41) is 3.60. The molecule has 0 amide bonds. The highest BCUT2D eigenvalue weighted by Gasteiger charge is 2.42. The van der Waals surface area contributed by atoms with Crippen LogP contribution in [0.1, 0.15) is 56.8 Å². The van der Waals surface area contributed by atoms with Crippen LogP contribution in [0.25, 0.3) is 0 Å². The molecule has 3 aliphatic rings. The Bertz CT molecular complexity index is 546. The molecule has 1 N–H and O–H groups in total. The molecule has 1 aromatic carbocycles. The second kappa shape index (κ2) is 4.72. The highest BCUT2D eigenvalue weighted by atomic mass is 16.5. The van der Waals surface area contributed by atoms with Crippen LogP contribution in [-0.4, -0.2) is 24.3 Å². The van der Waals surface area contributed by atoms with Crippen LogP contribution in [-0.2, 0) is 11.2 Å². The lowest BCUT2D eigenvalue weighted by Gasteiger charge is -2.39. The molecule has 114 valence electrons. The summed E-state index contributed by atoms with van der Waals surface area (Å²) in [4.78, 5) is 0. The summed E-state index contributed by atoms with van der Waals surface area (Å²) in [6, 6.07) is 6.52. The van der Waals surface area contributed by atoms with Gasteiger partial charge in [-0.05, 0) is 32.3 Å². The lowest BCUT2D eigenvalue weighted by atomic mass is 9.95. The van der Waals surface area contributed by atoms with E-state index in [1.807, 2.05) is 0 Å². The number of benzene rings is 1. The van der Waals surface area contributed by atoms with Gasteiger partial charge in [-0.1, -0.05) is 31.0 Å². The largest absolute Gasteiger partial charge is 0.487 e. The number of rotatable bonds is 1. The zero-order chi connectivity index (χ0) is 14.5. The second-order valence-corrected chi connectivity index (χ2v) is 7.50. The molecule has 21 heavy (non-hydrogen) atoms. The normalized spacial score (nSPS) is 29.3. The predicted molar refractivity (Wildman–Crippen MR) is 82.7 cm³/mol. The summed E-state index contributed by atoms with van der Waals surface area (Å²) in [7, 11) is 0. The lowest BCUT2D eigenvalue weighted by Crippen LogP contribution is -2.49. The van der Waals surface area contributed by atoms with Crippen molar-refractivity contribution < 1.29 is 9.47 Å². The van der Waals surface area contributed by atoms with Gasteiger partial charge in [0.05, 0.1) is 11.7 Å². The van der Waals surface area contributed by atoms with Gasteiger partial charge in [0.15, 0.2) is 0 Å². The molecule has 3 heteroatoms. The number of ether oxygens (including phenoxy) is 2. The van der Waals surface area contributed by atoms with Crippen LogP contribution in [0.4, 0.5) is 0 Å². The van der Waals surface area contributed by atoms with E-state index in [-0.39, 0.29) is 17.3 Å². The molecule has 0 bridgehead atoms. The first-order valence-electron chi connectivity index (χ1n) is 8.26. The smallest absolute Gasteiger partial charge is 0.129 e. The number of morpholine rings is 1. The maximum Gasteiger partial charge on any atom is 0.129 e. The zero-order valence-electron chi connectivity index (χ0n) is 13.1. The van der Waals surface area contributed by atoms with Crippen LogP contribution in [0, 0.1) is 0 Å². The maximum atomic E-state index is 6.57. The summed E-state index contributed by atoms with van der Waals surface area (Å²) >= 11 is 0. The molecule has 0 radical (unpaired) electrons. The van der Waals surface area contributed by atoms with Gasteiger partial charge in [-0.25, -0.2) is 0 Å². The van der Waals surface area contributed by atoms with E-state index in [4.69, 9.17) is 9.47 Å². The zero-order valence-corrected chi connectivity index (χ0v) is 13.1. The molecule has 1 aliphatic carbocycles. The molecule has 1 unspecified atom stereocenters. The monoisotopic (exact) mass is 287 g/mol. The summed E-state index contributed by atoms with van der Waals surface area (Å²) in [6.45, 7) is 6.22. The number of fused-ring (bicyclic) bond motifs is 1. The van der Waals surface area contributed by atoms with Gasteiger partial charge in [-0.15, -0.1) is 0 Å². The molecule has 3 nitrogen and oxygen atoms in total. The minimum atomic E-state index is -0.0917. The number of para-hydroxylation sites is 1. The molecule has 1 aromatic rings. The van der Waals surface area contributed by atoms with Gasteiger partial charge in [0.1, 0.15) is 11.4 Å². The average Bonchev–Trinajstić information content (AvgIpc) is 3.01. The van der Waals surface area contributed by atoms with E-state index in [1.54, 1.807) is 0 Å². The Morgan fingerprint density at radius 1 is 1.19 bits per heavy atom. The van der Waals surface area contributed by atoms with E-state index in [1.165, 1.54) is 36.8 Å². The predicted octanol–water partition coefficient (Wildman–Crippen LogP) is 3.37. The standard InChI is InChI=1S/C18H25NO2/c1-17(2)10-13-6-5-7-14(16(13)21-17)15-11-19-12-18(20-15)8-3-4-9-18/h5-7,15,19H,3-4,8-12H2,1-2H3. The Balaban J connectivity index is 1.64. The van der Waals surface area contributed by atoms with Crippen molar-refractivity contribution in [3.05, 3.63) is 29.3 Å². The fourth-order valence-corrected chi connectivity index (χ4v) is 4.20. The van der Waals surface area contributed by atoms with Crippen LogP contribution in [0.15, 0.2) is 18.2 Å². The van der Waals surface area contributed by atoms with Gasteiger partial charge in [-0.2, -0.15) is 0 Å². The topological polar surface area (TPSA) is 30.5 Å². The van der Waals surface area contributed by atoms with Crippen LogP contribution in [0.3, 0.4) is 0 Å². The van der Waals surface area contributed by atoms with Crippen molar-refractivity contribution in [2.45, 2.75) is 63.3 Å². The Labute approximate surface area is 127 Å². The molecule has 2 heterocycles. The number of nitrogens with one attached hydrogen (secondary N) is 1. The fraction of sp³-hybridized carbons (Fsp3) is 0.667. The first-order valence-corrected chi connectivity index (χ1v) is 8.26. The highest BCUT2D eigenvalue weighted by Crippen LogP contribution is 2.44. The Kier molecular flexibility index (Phi) is 3.05. The Morgan fingerprint density at radius 3 is 2.81 bits per heavy atom. The van der Waals surface area contributed by atoms with Gasteiger partial charge in [0, 0.05) is 25.1 Å². The summed E-state index contributed by atoms with van der Waals surface area (Å²) in [5.74, 6) is 1.07. The maximum absolute atomic E-state index is 6.57. The second-order valence-electron chi connectivity index (χ2n) is 7.50. The molecule has 1 atom stereocenters. The van der Waals surface area contributed by atoms with Gasteiger partial charge >= 0.3 is 0 Å². The summed E-state index contributed by atoms with van der Waals surface area (Å²) in [5.41, 5.74) is 2.54. The van der Waals surface area contributed by atoms with Gasteiger partial charge in [0.25, 0.3) is 0 Å².